The van der Waals surface area contributed by atoms with Crippen LogP contribution in [0.15, 0.2) is 0 Å². The highest BCUT2D eigenvalue weighted by Crippen LogP contribution is 2.23. The van der Waals surface area contributed by atoms with E-state index in [1.165, 1.54) is 12.8 Å². The van der Waals surface area contributed by atoms with E-state index in [9.17, 15) is 4.79 Å². The van der Waals surface area contributed by atoms with Gasteiger partial charge >= 0.3 is 6.16 Å². The molecule has 0 radical (unpaired) electrons. The lowest BCUT2D eigenvalue weighted by Gasteiger charge is -1.98. The predicted octanol–water partition coefficient (Wildman–Crippen LogP) is 0.884. The molecule has 0 spiro atoms. The van der Waals surface area contributed by atoms with Crippen LogP contribution in [0.3, 0.4) is 0 Å². The van der Waals surface area contributed by atoms with Crippen molar-refractivity contribution < 1.29 is 19.8 Å². The molecule has 0 saturated heterocycles. The molecule has 5 heteroatoms. The van der Waals surface area contributed by atoms with Crippen LogP contribution in [0.2, 0.25) is 0 Å². The summed E-state index contributed by atoms with van der Waals surface area (Å²) in [4.78, 5) is 19.0. The summed E-state index contributed by atoms with van der Waals surface area (Å²) in [6.07, 6.45) is 2.59. The van der Waals surface area contributed by atoms with E-state index in [0.717, 1.165) is 12.8 Å². The maximum absolute atomic E-state index is 10.4. The molecule has 1 aliphatic carbocycles. The molecular formula is C7H13NO4. The highest BCUT2D eigenvalue weighted by molar-refractivity contribution is 5.76. The van der Waals surface area contributed by atoms with E-state index in [0.29, 0.717) is 0 Å². The van der Waals surface area contributed by atoms with Crippen LogP contribution in [0.1, 0.15) is 25.7 Å². The first-order valence-corrected chi connectivity index (χ1v) is 3.75. The molecule has 12 heavy (non-hydrogen) atoms. The van der Waals surface area contributed by atoms with Crippen molar-refractivity contribution in [2.75, 3.05) is 0 Å². The molecule has 1 aliphatic rings. The highest BCUT2D eigenvalue weighted by atomic mass is 16.6. The van der Waals surface area contributed by atoms with Gasteiger partial charge in [0.2, 0.25) is 5.91 Å². The van der Waals surface area contributed by atoms with E-state index in [-0.39, 0.29) is 11.8 Å². The molecule has 0 aliphatic heterocycles. The van der Waals surface area contributed by atoms with Crippen LogP contribution in [0, 0.1) is 5.92 Å². The average Bonchev–Trinajstić information content (AvgIpc) is 2.34. The number of amides is 1. The van der Waals surface area contributed by atoms with E-state index < -0.39 is 6.16 Å². The molecule has 5 nitrogen and oxygen atoms in total. The Kier molecular flexibility index (Phi) is 4.83. The maximum Gasteiger partial charge on any atom is 0.503 e. The number of carbonyl (C=O) groups excluding carboxylic acids is 1. The van der Waals surface area contributed by atoms with Gasteiger partial charge in [-0.15, -0.1) is 0 Å². The number of hydrogen-bond acceptors (Lipinski definition) is 2. The van der Waals surface area contributed by atoms with E-state index in [1.807, 2.05) is 0 Å². The van der Waals surface area contributed by atoms with E-state index in [1.54, 1.807) is 0 Å². The van der Waals surface area contributed by atoms with Crippen molar-refractivity contribution in [2.45, 2.75) is 25.7 Å². The molecule has 0 unspecified atom stereocenters. The average molecular weight is 175 g/mol. The third-order valence-electron chi connectivity index (χ3n) is 1.76. The Bertz CT molecular complexity index is 159. The largest absolute Gasteiger partial charge is 0.503 e. The molecule has 0 aromatic heterocycles. The molecule has 1 fully saturated rings. The van der Waals surface area contributed by atoms with Crippen molar-refractivity contribution in [1.82, 2.24) is 0 Å². The molecule has 1 saturated carbocycles. The summed E-state index contributed by atoms with van der Waals surface area (Å²) in [5.41, 5.74) is 5.06. The zero-order valence-electron chi connectivity index (χ0n) is 6.69. The van der Waals surface area contributed by atoms with Gasteiger partial charge in [0.1, 0.15) is 0 Å². The van der Waals surface area contributed by atoms with Crippen molar-refractivity contribution in [3.8, 4) is 0 Å². The van der Waals surface area contributed by atoms with Crippen LogP contribution >= 0.6 is 0 Å². The lowest BCUT2D eigenvalue weighted by Crippen LogP contribution is -2.19. The summed E-state index contributed by atoms with van der Waals surface area (Å²) >= 11 is 0. The molecule has 4 N–H and O–H groups in total. The fraction of sp³-hybridized carbons (Fsp3) is 0.714. The molecule has 70 valence electrons. The summed E-state index contributed by atoms with van der Waals surface area (Å²) in [6.45, 7) is 0. The van der Waals surface area contributed by atoms with Gasteiger partial charge in [0.25, 0.3) is 0 Å². The summed E-state index contributed by atoms with van der Waals surface area (Å²) in [5, 5.41) is 13.9. The quantitative estimate of drug-likeness (QED) is 0.550. The highest BCUT2D eigenvalue weighted by Gasteiger charge is 2.19. The van der Waals surface area contributed by atoms with Gasteiger partial charge in [0, 0.05) is 5.92 Å². The molecule has 0 heterocycles. The van der Waals surface area contributed by atoms with Crippen molar-refractivity contribution in [2.24, 2.45) is 11.7 Å². The number of carboxylic acid groups (broad SMARTS) is 2. The molecular weight excluding hydrogens is 162 g/mol. The molecule has 0 atom stereocenters. The fourth-order valence-corrected chi connectivity index (χ4v) is 1.21. The van der Waals surface area contributed by atoms with Gasteiger partial charge in [-0.05, 0) is 12.8 Å². The third-order valence-corrected chi connectivity index (χ3v) is 1.76. The minimum Gasteiger partial charge on any atom is -0.450 e. The molecule has 1 amide bonds. The Morgan fingerprint density at radius 3 is 1.67 bits per heavy atom. The topological polar surface area (TPSA) is 101 Å². The second kappa shape index (κ2) is 5.40. The van der Waals surface area contributed by atoms with Crippen molar-refractivity contribution in [3.05, 3.63) is 0 Å². The number of hydrogen-bond donors (Lipinski definition) is 3. The van der Waals surface area contributed by atoms with Crippen LogP contribution < -0.4 is 5.73 Å². The van der Waals surface area contributed by atoms with E-state index in [4.69, 9.17) is 20.7 Å². The summed E-state index contributed by atoms with van der Waals surface area (Å²) in [7, 11) is 0. The van der Waals surface area contributed by atoms with Crippen LogP contribution in [0.4, 0.5) is 4.79 Å². The fourth-order valence-electron chi connectivity index (χ4n) is 1.21. The second-order valence-electron chi connectivity index (χ2n) is 2.67. The van der Waals surface area contributed by atoms with Crippen molar-refractivity contribution in [3.63, 3.8) is 0 Å². The van der Waals surface area contributed by atoms with Crippen LogP contribution in [0.25, 0.3) is 0 Å². The minimum absolute atomic E-state index is 0.109. The Morgan fingerprint density at radius 2 is 1.50 bits per heavy atom. The van der Waals surface area contributed by atoms with E-state index >= 15 is 0 Å². The minimum atomic E-state index is -1.83. The Morgan fingerprint density at radius 1 is 1.17 bits per heavy atom. The van der Waals surface area contributed by atoms with Crippen molar-refractivity contribution >= 4 is 12.1 Å². The van der Waals surface area contributed by atoms with Crippen LogP contribution in [-0.2, 0) is 4.79 Å². The molecule has 0 aromatic carbocycles. The lowest BCUT2D eigenvalue weighted by molar-refractivity contribution is -0.121. The first kappa shape index (κ1) is 10.7. The van der Waals surface area contributed by atoms with Crippen LogP contribution in [0.5, 0.6) is 0 Å². The van der Waals surface area contributed by atoms with Crippen molar-refractivity contribution in [1.29, 1.82) is 0 Å². The maximum atomic E-state index is 10.4. The molecule has 0 bridgehead atoms. The number of primary amides is 1. The standard InChI is InChI=1S/C6H11NO.CH2O3/c7-6(8)5-3-1-2-4-5;2-1(3)4/h5H,1-4H2,(H2,7,8);(H2,2,3,4). The third kappa shape index (κ3) is 5.52. The summed E-state index contributed by atoms with van der Waals surface area (Å²) in [6, 6.07) is 0. The first-order chi connectivity index (χ1) is 5.54. The monoisotopic (exact) mass is 175 g/mol. The van der Waals surface area contributed by atoms with E-state index in [2.05, 4.69) is 0 Å². The lowest BCUT2D eigenvalue weighted by atomic mass is 10.1. The van der Waals surface area contributed by atoms with Gasteiger partial charge in [-0.25, -0.2) is 4.79 Å². The second-order valence-corrected chi connectivity index (χ2v) is 2.67. The van der Waals surface area contributed by atoms with Gasteiger partial charge < -0.3 is 15.9 Å². The van der Waals surface area contributed by atoms with Crippen LogP contribution in [-0.4, -0.2) is 22.3 Å². The van der Waals surface area contributed by atoms with Gasteiger partial charge in [0.05, 0.1) is 0 Å². The Labute approximate surface area is 70.2 Å². The SMILES string of the molecule is NC(=O)C1CCCC1.O=C(O)O. The summed E-state index contributed by atoms with van der Waals surface area (Å²) in [5.74, 6) is 0.0949. The number of nitrogens with two attached hydrogens (primary N) is 1. The number of carbonyl (C=O) groups is 2. The zero-order chi connectivity index (χ0) is 9.56. The predicted molar refractivity (Wildman–Crippen MR) is 41.8 cm³/mol. The zero-order valence-corrected chi connectivity index (χ0v) is 6.69. The summed E-state index contributed by atoms with van der Waals surface area (Å²) < 4.78 is 0. The number of rotatable bonds is 1. The van der Waals surface area contributed by atoms with Gasteiger partial charge in [-0.2, -0.15) is 0 Å². The first-order valence-electron chi connectivity index (χ1n) is 3.75. The normalized spacial score (nSPS) is 16.3. The Balaban J connectivity index is 0.000000261. The van der Waals surface area contributed by atoms with Gasteiger partial charge in [-0.3, -0.25) is 4.79 Å². The Hall–Kier alpha value is -1.26. The van der Waals surface area contributed by atoms with Gasteiger partial charge in [0.15, 0.2) is 0 Å². The molecule has 1 rings (SSSR count). The molecule has 0 aromatic rings. The van der Waals surface area contributed by atoms with Gasteiger partial charge in [-0.1, -0.05) is 12.8 Å². The smallest absolute Gasteiger partial charge is 0.450 e.